The molecule has 95 heavy (non-hydrogen) atoms. The molecule has 3 N–H and O–H groups in total. The Morgan fingerprint density at radius 2 is 0.768 bits per heavy atom. The number of para-hydroxylation sites is 3. The van der Waals surface area contributed by atoms with Gasteiger partial charge in [-0.05, 0) is 140 Å². The van der Waals surface area contributed by atoms with Crippen molar-refractivity contribution in [1.82, 2.24) is 79.7 Å². The van der Waals surface area contributed by atoms with Gasteiger partial charge in [0, 0.05) is 174 Å². The summed E-state index contributed by atoms with van der Waals surface area (Å²) in [7, 11) is 0. The summed E-state index contributed by atoms with van der Waals surface area (Å²) in [6.07, 6.45) is 27.4. The van der Waals surface area contributed by atoms with Crippen molar-refractivity contribution >= 4 is 61.2 Å². The number of pyridine rings is 4. The Hall–Kier alpha value is -11.2. The molecule has 18 heteroatoms. The predicted molar refractivity (Wildman–Crippen MR) is 379 cm³/mol. The molecule has 0 spiro atoms. The monoisotopic (exact) mass is 1250 g/mol. The third-order valence-corrected chi connectivity index (χ3v) is 18.8. The van der Waals surface area contributed by atoms with Crippen molar-refractivity contribution in [3.63, 3.8) is 0 Å². The van der Waals surface area contributed by atoms with E-state index >= 15 is 0 Å². The van der Waals surface area contributed by atoms with Crippen molar-refractivity contribution in [1.29, 1.82) is 0 Å². The van der Waals surface area contributed by atoms with E-state index < -0.39 is 0 Å². The van der Waals surface area contributed by atoms with Gasteiger partial charge in [-0.3, -0.25) is 15.0 Å². The number of nitrogens with zero attached hydrogens (tertiary/aromatic N) is 15. The molecule has 0 amide bonds. The van der Waals surface area contributed by atoms with Crippen LogP contribution in [0.5, 0.6) is 0 Å². The smallest absolute Gasteiger partial charge is 0.162 e. The standard InChI is InChI=1S/C27H26N6.C26H23N5.C24H21N7/c1-18-13-28-14-19(2)33(18)22-9-7-20(8-10-22)21-15-30-27-25(16-31-32(27)17-21)23-11-12-29-26-6-4-3-5-24(23)26;1-2-4-25-23(3-1)22(11-14-28-25)24-16-30-31-17-21(15-29-26(24)31)19-7-5-18(6-8-19)20-9-12-27-13-10-20;1-2-4-22-20(3-1)19(7-8-26-22)21-15-29-31-16-18(14-28-24(21)31)17-5-6-23(27-13-17)30-11-9-25-10-12-30/h3-12,15-19,28H,13-14H2,1-2H3;1-8,11,14-17,20,27H,9-10,12-13H2;1-8,13-16,25H,9-12H2/t18-,19+;;. The molecule has 0 radical (unpaired) electrons. The Labute approximate surface area is 549 Å². The number of hydrogen-bond acceptors (Lipinski definition) is 15. The van der Waals surface area contributed by atoms with E-state index in [1.807, 2.05) is 155 Å². The van der Waals surface area contributed by atoms with Crippen LogP contribution in [0.15, 0.2) is 232 Å². The third-order valence-electron chi connectivity index (χ3n) is 18.8. The fraction of sp³-hybridized carbons (Fsp3) is 0.195. The highest BCUT2D eigenvalue weighted by atomic mass is 15.3. The number of nitrogens with one attached hydrogen (secondary N) is 3. The van der Waals surface area contributed by atoms with Crippen LogP contribution in [-0.2, 0) is 0 Å². The van der Waals surface area contributed by atoms with E-state index in [0.717, 1.165) is 169 Å². The maximum Gasteiger partial charge on any atom is 0.162 e. The highest BCUT2D eigenvalue weighted by Gasteiger charge is 2.25. The summed E-state index contributed by atoms with van der Waals surface area (Å²) in [4.78, 5) is 37.2. The molecule has 0 saturated carbocycles. The number of rotatable bonds is 9. The molecule has 3 aliphatic rings. The average Bonchev–Trinajstić information content (AvgIpc) is 1.74. The fourth-order valence-corrected chi connectivity index (χ4v) is 13.8. The number of anilines is 2. The number of benzene rings is 5. The Balaban J connectivity index is 0.000000112. The molecule has 2 atom stereocenters. The fourth-order valence-electron chi connectivity index (χ4n) is 13.8. The highest BCUT2D eigenvalue weighted by Crippen LogP contribution is 2.36. The van der Waals surface area contributed by atoms with Crippen LogP contribution in [0.25, 0.3) is 116 Å². The first-order chi connectivity index (χ1) is 46.9. The molecular formula is C77H70N18. The lowest BCUT2D eigenvalue weighted by molar-refractivity contribution is 0.432. The van der Waals surface area contributed by atoms with Gasteiger partial charge >= 0.3 is 0 Å². The third kappa shape index (κ3) is 11.8. The van der Waals surface area contributed by atoms with Gasteiger partial charge in [0.1, 0.15) is 5.82 Å². The zero-order valence-electron chi connectivity index (χ0n) is 53.0. The quantitative estimate of drug-likeness (QED) is 0.124. The predicted octanol–water partition coefficient (Wildman–Crippen LogP) is 13.3. The lowest BCUT2D eigenvalue weighted by Crippen LogP contribution is -2.55. The van der Waals surface area contributed by atoms with Crippen molar-refractivity contribution in [2.75, 3.05) is 62.2 Å². The minimum absolute atomic E-state index is 0.476. The van der Waals surface area contributed by atoms with Crippen LogP contribution in [0.4, 0.5) is 11.5 Å². The Morgan fingerprint density at radius 1 is 0.358 bits per heavy atom. The van der Waals surface area contributed by atoms with Gasteiger partial charge in [0.2, 0.25) is 0 Å². The Morgan fingerprint density at radius 3 is 1.22 bits per heavy atom. The molecule has 0 aliphatic carbocycles. The van der Waals surface area contributed by atoms with Crippen LogP contribution in [0.2, 0.25) is 0 Å². The average molecular weight is 1250 g/mol. The molecule has 15 aromatic rings. The van der Waals surface area contributed by atoms with Gasteiger partial charge in [0.05, 0.1) is 35.1 Å². The minimum Gasteiger partial charge on any atom is -0.364 e. The van der Waals surface area contributed by atoms with Crippen molar-refractivity contribution < 1.29 is 0 Å². The first kappa shape index (κ1) is 58.9. The van der Waals surface area contributed by atoms with Gasteiger partial charge in [-0.1, -0.05) is 91.0 Å². The van der Waals surface area contributed by atoms with Crippen LogP contribution in [0.3, 0.4) is 0 Å². The summed E-state index contributed by atoms with van der Waals surface area (Å²) in [5.74, 6) is 1.69. The second-order valence-electron chi connectivity index (χ2n) is 24.7. The number of aromatic nitrogens is 13. The second kappa shape index (κ2) is 26.1. The number of piperazine rings is 2. The highest BCUT2D eigenvalue weighted by molar-refractivity contribution is 6.00. The van der Waals surface area contributed by atoms with E-state index in [9.17, 15) is 0 Å². The summed E-state index contributed by atoms with van der Waals surface area (Å²) < 4.78 is 5.58. The summed E-state index contributed by atoms with van der Waals surface area (Å²) in [6, 6.07) is 53.5. The molecular weight excluding hydrogens is 1180 g/mol. The van der Waals surface area contributed by atoms with Crippen molar-refractivity contribution in [3.8, 4) is 66.8 Å². The SMILES string of the molecule is C[C@@H]1CNC[C@H](C)N1c1ccc(-c2cnc3c(-c4ccnc5ccccc45)cnn3c2)cc1.c1ccc2c(-c3cnn4cc(-c5ccc(C6CCNCC6)cc5)cnc34)ccnc2c1.c1ccc2c(-c3cnn4cc(-c5ccc(N6CCNCC6)nc5)cnc34)ccnc2c1. The second-order valence-corrected chi connectivity index (χ2v) is 24.7. The zero-order chi connectivity index (χ0) is 63.6. The van der Waals surface area contributed by atoms with Crippen LogP contribution in [-0.4, -0.2) is 128 Å². The van der Waals surface area contributed by atoms with Crippen LogP contribution in [0, 0.1) is 0 Å². The van der Waals surface area contributed by atoms with E-state index in [-0.39, 0.29) is 0 Å². The number of piperidine rings is 1. The van der Waals surface area contributed by atoms with Crippen molar-refractivity contribution in [2.45, 2.75) is 44.7 Å². The lowest BCUT2D eigenvalue weighted by Gasteiger charge is -2.41. The van der Waals surface area contributed by atoms with Gasteiger partial charge < -0.3 is 25.8 Å². The van der Waals surface area contributed by atoms with Crippen LogP contribution < -0.4 is 25.8 Å². The summed E-state index contributed by atoms with van der Waals surface area (Å²) in [5.41, 5.74) is 20.9. The molecule has 13 heterocycles. The molecule has 468 valence electrons. The van der Waals surface area contributed by atoms with Gasteiger partial charge in [-0.15, -0.1) is 0 Å². The molecule has 0 unspecified atom stereocenters. The summed E-state index contributed by atoms with van der Waals surface area (Å²) in [6.45, 7) is 12.8. The van der Waals surface area contributed by atoms with Gasteiger partial charge in [-0.2, -0.15) is 15.3 Å². The zero-order valence-corrected chi connectivity index (χ0v) is 53.0. The Kier molecular flexibility index (Phi) is 16.2. The molecule has 0 bridgehead atoms. The first-order valence-electron chi connectivity index (χ1n) is 32.8. The van der Waals surface area contributed by atoms with E-state index in [0.29, 0.717) is 18.0 Å². The van der Waals surface area contributed by atoms with Gasteiger partial charge in [-0.25, -0.2) is 33.5 Å². The topological polar surface area (TPSA) is 185 Å². The molecule has 3 aliphatic heterocycles. The molecule has 18 rings (SSSR count). The molecule has 3 saturated heterocycles. The summed E-state index contributed by atoms with van der Waals surface area (Å²) in [5, 5.41) is 27.4. The summed E-state index contributed by atoms with van der Waals surface area (Å²) >= 11 is 0. The minimum atomic E-state index is 0.476. The van der Waals surface area contributed by atoms with Crippen molar-refractivity contribution in [3.05, 3.63) is 238 Å². The normalized spacial score (nSPS) is 16.1. The van der Waals surface area contributed by atoms with Crippen molar-refractivity contribution in [2.24, 2.45) is 0 Å². The van der Waals surface area contributed by atoms with Gasteiger partial charge in [0.25, 0.3) is 0 Å². The van der Waals surface area contributed by atoms with Gasteiger partial charge in [0.15, 0.2) is 16.9 Å². The molecule has 10 aromatic heterocycles. The number of hydrogen-bond donors (Lipinski definition) is 3. The first-order valence-corrected chi connectivity index (χ1v) is 32.8. The lowest BCUT2D eigenvalue weighted by atomic mass is 9.89. The molecule has 18 nitrogen and oxygen atoms in total. The maximum absolute atomic E-state index is 4.80. The van der Waals surface area contributed by atoms with Crippen LogP contribution >= 0.6 is 0 Å². The van der Waals surface area contributed by atoms with E-state index in [1.165, 1.54) is 29.7 Å². The van der Waals surface area contributed by atoms with Crippen LogP contribution in [0.1, 0.15) is 38.2 Å². The Bertz CT molecular complexity index is 4960. The molecule has 5 aromatic carbocycles. The maximum atomic E-state index is 4.80. The largest absolute Gasteiger partial charge is 0.364 e. The van der Waals surface area contributed by atoms with E-state index in [2.05, 4.69) is 166 Å². The number of fused-ring (bicyclic) bond motifs is 6. The molecule has 3 fully saturated rings. The van der Waals surface area contributed by atoms with E-state index in [1.54, 1.807) is 0 Å². The van der Waals surface area contributed by atoms with E-state index in [4.69, 9.17) is 15.0 Å².